The lowest BCUT2D eigenvalue weighted by Crippen LogP contribution is -2.39. The number of amides is 1. The quantitative estimate of drug-likeness (QED) is 0.773. The van der Waals surface area contributed by atoms with Crippen LogP contribution < -0.4 is 5.32 Å². The predicted octanol–water partition coefficient (Wildman–Crippen LogP) is 1.84. The van der Waals surface area contributed by atoms with Crippen molar-refractivity contribution in [3.63, 3.8) is 0 Å². The second kappa shape index (κ2) is 6.55. The number of carbonyl (C=O) groups excluding carboxylic acids is 1. The lowest BCUT2D eigenvalue weighted by Gasteiger charge is -2.21. The van der Waals surface area contributed by atoms with Crippen LogP contribution in [0.3, 0.4) is 0 Å². The maximum absolute atomic E-state index is 11.6. The fourth-order valence-corrected chi connectivity index (χ4v) is 2.18. The maximum atomic E-state index is 11.6. The van der Waals surface area contributed by atoms with Crippen molar-refractivity contribution in [2.45, 2.75) is 51.6 Å². The van der Waals surface area contributed by atoms with E-state index in [1.165, 1.54) is 0 Å². The van der Waals surface area contributed by atoms with Crippen molar-refractivity contribution in [3.8, 4) is 6.07 Å². The summed E-state index contributed by atoms with van der Waals surface area (Å²) in [6.45, 7) is 7.66. The van der Waals surface area contributed by atoms with Gasteiger partial charge >= 0.3 is 0 Å². The normalized spacial score (nSPS) is 21.1. The van der Waals surface area contributed by atoms with Crippen LogP contribution in [0.2, 0.25) is 0 Å². The van der Waals surface area contributed by atoms with Crippen molar-refractivity contribution in [2.24, 2.45) is 0 Å². The molecule has 4 nitrogen and oxygen atoms in total. The summed E-state index contributed by atoms with van der Waals surface area (Å²) in [5.41, 5.74) is -0.196. The van der Waals surface area contributed by atoms with Crippen LogP contribution in [0.4, 0.5) is 0 Å². The van der Waals surface area contributed by atoms with E-state index in [0.717, 1.165) is 25.9 Å². The molecule has 1 aliphatic heterocycles. The molecule has 18 heavy (non-hydrogen) atoms. The molecule has 1 aliphatic rings. The summed E-state index contributed by atoms with van der Waals surface area (Å²) >= 11 is 0. The van der Waals surface area contributed by atoms with Crippen LogP contribution >= 0.6 is 0 Å². The van der Waals surface area contributed by atoms with Crippen molar-refractivity contribution in [3.05, 3.63) is 12.2 Å². The van der Waals surface area contributed by atoms with Gasteiger partial charge in [-0.05, 0) is 40.2 Å². The zero-order valence-corrected chi connectivity index (χ0v) is 11.6. The van der Waals surface area contributed by atoms with Crippen LogP contribution in [0.1, 0.15) is 40.0 Å². The average molecular weight is 249 g/mol. The summed E-state index contributed by atoms with van der Waals surface area (Å²) in [6, 6.07) is 2.59. The van der Waals surface area contributed by atoms with E-state index in [9.17, 15) is 4.79 Å². The lowest BCUT2D eigenvalue weighted by atomic mass is 10.1. The van der Waals surface area contributed by atoms with Crippen molar-refractivity contribution in [2.75, 3.05) is 13.1 Å². The topological polar surface area (TPSA) is 56.1 Å². The van der Waals surface area contributed by atoms with Crippen LogP contribution in [-0.2, 0) is 4.79 Å². The van der Waals surface area contributed by atoms with Gasteiger partial charge in [-0.1, -0.05) is 6.08 Å². The number of carbonyl (C=O) groups is 1. The van der Waals surface area contributed by atoms with E-state index in [1.54, 1.807) is 6.08 Å². The summed E-state index contributed by atoms with van der Waals surface area (Å²) in [4.78, 5) is 13.8. The van der Waals surface area contributed by atoms with Crippen LogP contribution in [0.15, 0.2) is 12.2 Å². The van der Waals surface area contributed by atoms with Crippen molar-refractivity contribution in [1.29, 1.82) is 5.26 Å². The first-order valence-corrected chi connectivity index (χ1v) is 6.52. The van der Waals surface area contributed by atoms with Crippen molar-refractivity contribution in [1.82, 2.24) is 10.2 Å². The zero-order valence-electron chi connectivity index (χ0n) is 11.6. The standard InChI is InChI=1S/C14H23N3O/c1-14(2,3)16-13(18)7-5-11-17-10-4-6-12(17)8-9-15/h5,7,12H,4,6,8,10-11H2,1-3H3,(H,16,18)/b7-5+. The second-order valence-corrected chi connectivity index (χ2v) is 5.79. The molecule has 1 saturated heterocycles. The molecule has 1 rings (SSSR count). The molecule has 4 heteroatoms. The molecule has 1 heterocycles. The largest absolute Gasteiger partial charge is 0.348 e. The molecule has 0 aromatic carbocycles. The predicted molar refractivity (Wildman–Crippen MR) is 71.9 cm³/mol. The first-order chi connectivity index (χ1) is 8.42. The Morgan fingerprint density at radius 2 is 2.28 bits per heavy atom. The molecule has 0 bridgehead atoms. The summed E-state index contributed by atoms with van der Waals surface area (Å²) in [6.07, 6.45) is 6.30. The first kappa shape index (κ1) is 14.7. The number of rotatable bonds is 4. The Hall–Kier alpha value is -1.34. The molecule has 0 aromatic rings. The molecule has 0 saturated carbocycles. The number of nitrogens with one attached hydrogen (secondary N) is 1. The Kier molecular flexibility index (Phi) is 5.36. The highest BCUT2D eigenvalue weighted by atomic mass is 16.1. The first-order valence-electron chi connectivity index (χ1n) is 6.52. The SMILES string of the molecule is CC(C)(C)NC(=O)/C=C/CN1CCCC1CC#N. The molecule has 1 N–H and O–H groups in total. The molecule has 1 fully saturated rings. The fraction of sp³-hybridized carbons (Fsp3) is 0.714. The van der Waals surface area contributed by atoms with Crippen LogP contribution in [0.5, 0.6) is 0 Å². The second-order valence-electron chi connectivity index (χ2n) is 5.79. The van der Waals surface area contributed by atoms with E-state index < -0.39 is 0 Å². The molecule has 0 spiro atoms. The van der Waals surface area contributed by atoms with E-state index in [0.29, 0.717) is 12.5 Å². The Balaban J connectivity index is 2.36. The van der Waals surface area contributed by atoms with Gasteiger partial charge in [0.1, 0.15) is 0 Å². The molecule has 0 aliphatic carbocycles. The van der Waals surface area contributed by atoms with Gasteiger partial charge in [0.2, 0.25) is 5.91 Å². The number of hydrogen-bond acceptors (Lipinski definition) is 3. The molecular weight excluding hydrogens is 226 g/mol. The zero-order chi connectivity index (χ0) is 13.6. The Morgan fingerprint density at radius 3 is 2.89 bits per heavy atom. The molecular formula is C14H23N3O. The van der Waals surface area contributed by atoms with Crippen LogP contribution in [0.25, 0.3) is 0 Å². The third-order valence-electron chi connectivity index (χ3n) is 2.93. The van der Waals surface area contributed by atoms with Gasteiger partial charge in [-0.3, -0.25) is 9.69 Å². The summed E-state index contributed by atoms with van der Waals surface area (Å²) in [5, 5.41) is 11.6. The van der Waals surface area contributed by atoms with Crippen molar-refractivity contribution < 1.29 is 4.79 Å². The minimum absolute atomic E-state index is 0.0569. The third kappa shape index (κ3) is 5.33. The molecule has 100 valence electrons. The minimum Gasteiger partial charge on any atom is -0.348 e. The van der Waals surface area contributed by atoms with Crippen LogP contribution in [-0.4, -0.2) is 35.5 Å². The summed E-state index contributed by atoms with van der Waals surface area (Å²) in [5.74, 6) is -0.0569. The third-order valence-corrected chi connectivity index (χ3v) is 2.93. The Bertz CT molecular complexity index is 349. The minimum atomic E-state index is -0.196. The van der Waals surface area contributed by atoms with E-state index in [1.807, 2.05) is 26.8 Å². The molecule has 0 aromatic heterocycles. The van der Waals surface area contributed by atoms with Gasteiger partial charge in [-0.15, -0.1) is 0 Å². The van der Waals surface area contributed by atoms with Gasteiger partial charge < -0.3 is 5.32 Å². The maximum Gasteiger partial charge on any atom is 0.244 e. The number of nitrogens with zero attached hydrogens (tertiary/aromatic N) is 2. The smallest absolute Gasteiger partial charge is 0.244 e. The van der Waals surface area contributed by atoms with Gasteiger partial charge in [0.05, 0.1) is 12.5 Å². The van der Waals surface area contributed by atoms with Gasteiger partial charge in [0.25, 0.3) is 0 Å². The highest BCUT2D eigenvalue weighted by molar-refractivity contribution is 5.87. The van der Waals surface area contributed by atoms with E-state index in [-0.39, 0.29) is 11.4 Å². The molecule has 1 amide bonds. The highest BCUT2D eigenvalue weighted by Gasteiger charge is 2.22. The summed E-state index contributed by atoms with van der Waals surface area (Å²) in [7, 11) is 0. The summed E-state index contributed by atoms with van der Waals surface area (Å²) < 4.78 is 0. The fourth-order valence-electron chi connectivity index (χ4n) is 2.18. The van der Waals surface area contributed by atoms with Gasteiger partial charge in [-0.25, -0.2) is 0 Å². The van der Waals surface area contributed by atoms with E-state index >= 15 is 0 Å². The number of likely N-dealkylation sites (tertiary alicyclic amines) is 1. The average Bonchev–Trinajstić information content (AvgIpc) is 2.64. The molecule has 1 unspecified atom stereocenters. The highest BCUT2D eigenvalue weighted by Crippen LogP contribution is 2.19. The number of nitriles is 1. The van der Waals surface area contributed by atoms with Crippen molar-refractivity contribution >= 4 is 5.91 Å². The van der Waals surface area contributed by atoms with Gasteiger partial charge in [-0.2, -0.15) is 5.26 Å². The van der Waals surface area contributed by atoms with E-state index in [2.05, 4.69) is 16.3 Å². The lowest BCUT2D eigenvalue weighted by molar-refractivity contribution is -0.117. The van der Waals surface area contributed by atoms with Gasteiger partial charge in [0.15, 0.2) is 0 Å². The Labute approximate surface area is 110 Å². The number of hydrogen-bond donors (Lipinski definition) is 1. The monoisotopic (exact) mass is 249 g/mol. The molecule has 0 radical (unpaired) electrons. The Morgan fingerprint density at radius 1 is 1.56 bits per heavy atom. The van der Waals surface area contributed by atoms with Gasteiger partial charge in [0, 0.05) is 24.2 Å². The molecule has 1 atom stereocenters. The van der Waals surface area contributed by atoms with E-state index in [4.69, 9.17) is 5.26 Å². The van der Waals surface area contributed by atoms with Crippen LogP contribution in [0, 0.1) is 11.3 Å².